The molecular formula is C26H24ClF3N4O2. The van der Waals surface area contributed by atoms with Gasteiger partial charge in [-0.05, 0) is 48.2 Å². The number of primary amides is 1. The van der Waals surface area contributed by atoms with Crippen LogP contribution >= 0.6 is 11.6 Å². The zero-order chi connectivity index (χ0) is 26.2. The minimum atomic E-state index is -4.49. The van der Waals surface area contributed by atoms with Crippen molar-refractivity contribution >= 4 is 28.4 Å². The number of rotatable bonds is 7. The van der Waals surface area contributed by atoms with E-state index >= 15 is 0 Å². The van der Waals surface area contributed by atoms with Crippen molar-refractivity contribution in [2.24, 2.45) is 11.7 Å². The third kappa shape index (κ3) is 4.88. The average Bonchev–Trinajstić information content (AvgIpc) is 3.25. The molecule has 188 valence electrons. The van der Waals surface area contributed by atoms with E-state index in [0.29, 0.717) is 28.2 Å². The first-order valence-electron chi connectivity index (χ1n) is 11.2. The van der Waals surface area contributed by atoms with E-state index in [0.717, 1.165) is 29.6 Å². The van der Waals surface area contributed by atoms with E-state index in [4.69, 9.17) is 22.1 Å². The van der Waals surface area contributed by atoms with Gasteiger partial charge in [0.15, 0.2) is 0 Å². The summed E-state index contributed by atoms with van der Waals surface area (Å²) in [7, 11) is 1.49. The normalized spacial score (nSPS) is 12.8. The average molecular weight is 517 g/mol. The topological polar surface area (TPSA) is 83.0 Å². The van der Waals surface area contributed by atoms with Crippen molar-refractivity contribution in [3.8, 4) is 16.9 Å². The lowest BCUT2D eigenvalue weighted by molar-refractivity contribution is -0.137. The van der Waals surface area contributed by atoms with Crippen molar-refractivity contribution in [1.82, 2.24) is 14.8 Å². The van der Waals surface area contributed by atoms with Gasteiger partial charge >= 0.3 is 6.18 Å². The number of carbonyl (C=O) groups is 1. The van der Waals surface area contributed by atoms with Crippen LogP contribution in [0.5, 0.6) is 5.75 Å². The summed E-state index contributed by atoms with van der Waals surface area (Å²) < 4.78 is 46.9. The van der Waals surface area contributed by atoms with E-state index in [2.05, 4.69) is 23.9 Å². The third-order valence-corrected chi connectivity index (χ3v) is 6.25. The summed E-state index contributed by atoms with van der Waals surface area (Å²) in [6.45, 7) is 4.18. The van der Waals surface area contributed by atoms with Gasteiger partial charge in [0, 0.05) is 22.3 Å². The number of alkyl halides is 3. The van der Waals surface area contributed by atoms with Crippen LogP contribution in [0.4, 0.5) is 13.2 Å². The molecule has 36 heavy (non-hydrogen) atoms. The summed E-state index contributed by atoms with van der Waals surface area (Å²) in [5, 5.41) is 5.28. The summed E-state index contributed by atoms with van der Waals surface area (Å²) in [6, 6.07) is 10.0. The van der Waals surface area contributed by atoms with Gasteiger partial charge in [0.25, 0.3) is 5.91 Å². The number of carbonyl (C=O) groups excluding carboxylic acids is 1. The standard InChI is InChI=1S/C26H24ClF3N4O2/c1-14(2)10-23(15-4-8-21(25(31)35)32-12-15)34-22-9-7-18(24(36-3)19(22)13-33-34)17-6-5-16(11-20(17)27)26(28,29)30/h4-9,11-14,23H,10H2,1-3H3,(H2,31,35). The van der Waals surface area contributed by atoms with Crippen LogP contribution in [0, 0.1) is 5.92 Å². The third-order valence-electron chi connectivity index (χ3n) is 5.94. The van der Waals surface area contributed by atoms with Crippen molar-refractivity contribution in [2.45, 2.75) is 32.5 Å². The van der Waals surface area contributed by atoms with Gasteiger partial charge in [-0.15, -0.1) is 0 Å². The number of hydrogen-bond acceptors (Lipinski definition) is 4. The van der Waals surface area contributed by atoms with Crippen LogP contribution in [0.25, 0.3) is 22.0 Å². The molecule has 2 N–H and O–H groups in total. The van der Waals surface area contributed by atoms with E-state index < -0.39 is 17.6 Å². The Morgan fingerprint density at radius 3 is 2.39 bits per heavy atom. The minimum Gasteiger partial charge on any atom is -0.495 e. The van der Waals surface area contributed by atoms with Crippen molar-refractivity contribution in [3.05, 3.63) is 76.7 Å². The second kappa shape index (κ2) is 9.81. The Kier molecular flexibility index (Phi) is 6.95. The molecule has 4 aromatic rings. The van der Waals surface area contributed by atoms with E-state index in [1.165, 1.54) is 13.2 Å². The number of ether oxygens (including phenoxy) is 1. The molecule has 1 atom stereocenters. The van der Waals surface area contributed by atoms with Gasteiger partial charge in [0.2, 0.25) is 0 Å². The first kappa shape index (κ1) is 25.5. The van der Waals surface area contributed by atoms with Crippen LogP contribution in [0.15, 0.2) is 54.9 Å². The van der Waals surface area contributed by atoms with E-state index in [1.807, 2.05) is 10.7 Å². The van der Waals surface area contributed by atoms with E-state index in [9.17, 15) is 18.0 Å². The van der Waals surface area contributed by atoms with Crippen LogP contribution in [0.3, 0.4) is 0 Å². The number of benzene rings is 2. The number of amides is 1. The molecular weight excluding hydrogens is 493 g/mol. The quantitative estimate of drug-likeness (QED) is 0.303. The van der Waals surface area contributed by atoms with Crippen LogP contribution in [-0.2, 0) is 6.18 Å². The first-order chi connectivity index (χ1) is 17.0. The minimum absolute atomic E-state index is 0.0341. The van der Waals surface area contributed by atoms with E-state index in [-0.39, 0.29) is 16.8 Å². The monoisotopic (exact) mass is 516 g/mol. The molecule has 1 unspecified atom stereocenters. The fourth-order valence-electron chi connectivity index (χ4n) is 4.26. The molecule has 4 rings (SSSR count). The molecule has 0 aliphatic carbocycles. The van der Waals surface area contributed by atoms with Crippen LogP contribution in [0.1, 0.15) is 47.9 Å². The van der Waals surface area contributed by atoms with Crippen LogP contribution < -0.4 is 10.5 Å². The van der Waals surface area contributed by atoms with Crippen molar-refractivity contribution in [3.63, 3.8) is 0 Å². The molecule has 0 bridgehead atoms. The summed E-state index contributed by atoms with van der Waals surface area (Å²) in [5.41, 5.74) is 7.27. The highest BCUT2D eigenvalue weighted by Crippen LogP contribution is 2.42. The predicted molar refractivity (Wildman–Crippen MR) is 132 cm³/mol. The van der Waals surface area contributed by atoms with Crippen molar-refractivity contribution in [2.75, 3.05) is 7.11 Å². The molecule has 2 aromatic heterocycles. The van der Waals surface area contributed by atoms with Crippen LogP contribution in [-0.4, -0.2) is 27.8 Å². The van der Waals surface area contributed by atoms with Gasteiger partial charge in [0.05, 0.1) is 35.8 Å². The lowest BCUT2D eigenvalue weighted by Gasteiger charge is -2.21. The van der Waals surface area contributed by atoms with E-state index in [1.54, 1.807) is 30.6 Å². The fourth-order valence-corrected chi connectivity index (χ4v) is 4.54. The summed E-state index contributed by atoms with van der Waals surface area (Å²) in [6.07, 6.45) is -0.473. The number of nitrogens with two attached hydrogens (primary N) is 1. The number of fused-ring (bicyclic) bond motifs is 1. The maximum atomic E-state index is 13.1. The zero-order valence-electron chi connectivity index (χ0n) is 19.8. The van der Waals surface area contributed by atoms with Gasteiger partial charge in [-0.1, -0.05) is 37.6 Å². The van der Waals surface area contributed by atoms with Gasteiger partial charge in [0.1, 0.15) is 11.4 Å². The molecule has 10 heteroatoms. The van der Waals surface area contributed by atoms with Gasteiger partial charge in [-0.25, -0.2) is 0 Å². The Labute approximate surface area is 210 Å². The van der Waals surface area contributed by atoms with Crippen LogP contribution in [0.2, 0.25) is 5.02 Å². The molecule has 0 saturated carbocycles. The summed E-state index contributed by atoms with van der Waals surface area (Å²) >= 11 is 6.26. The van der Waals surface area contributed by atoms with Crippen molar-refractivity contribution < 1.29 is 22.7 Å². The van der Waals surface area contributed by atoms with Gasteiger partial charge in [-0.2, -0.15) is 18.3 Å². The summed E-state index contributed by atoms with van der Waals surface area (Å²) in [4.78, 5) is 15.6. The van der Waals surface area contributed by atoms with Crippen molar-refractivity contribution in [1.29, 1.82) is 0 Å². The molecule has 0 aliphatic rings. The Morgan fingerprint density at radius 1 is 1.11 bits per heavy atom. The molecule has 0 saturated heterocycles. The molecule has 2 heterocycles. The highest BCUT2D eigenvalue weighted by molar-refractivity contribution is 6.33. The molecule has 0 radical (unpaired) electrons. The summed E-state index contributed by atoms with van der Waals surface area (Å²) in [5.74, 6) is 0.161. The number of halogens is 4. The van der Waals surface area contributed by atoms with Gasteiger partial charge in [-0.3, -0.25) is 14.5 Å². The first-order valence-corrected chi connectivity index (χ1v) is 11.6. The molecule has 2 aromatic carbocycles. The number of aromatic nitrogens is 3. The second-order valence-corrected chi connectivity index (χ2v) is 9.25. The zero-order valence-corrected chi connectivity index (χ0v) is 20.6. The smallest absolute Gasteiger partial charge is 0.416 e. The second-order valence-electron chi connectivity index (χ2n) is 8.85. The largest absolute Gasteiger partial charge is 0.495 e. The lowest BCUT2D eigenvalue weighted by Crippen LogP contribution is -2.17. The number of nitrogens with zero attached hydrogens (tertiary/aromatic N) is 3. The molecule has 1 amide bonds. The highest BCUT2D eigenvalue weighted by atomic mass is 35.5. The highest BCUT2D eigenvalue weighted by Gasteiger charge is 2.31. The number of methoxy groups -OCH3 is 1. The Balaban J connectivity index is 1.82. The fraction of sp³-hybridized carbons (Fsp3) is 0.269. The predicted octanol–water partition coefficient (Wildman–Crippen LogP) is 6.51. The molecule has 0 aliphatic heterocycles. The Morgan fingerprint density at radius 2 is 1.83 bits per heavy atom. The number of pyridine rings is 1. The maximum Gasteiger partial charge on any atom is 0.416 e. The Hall–Kier alpha value is -3.59. The lowest BCUT2D eigenvalue weighted by atomic mass is 9.97. The molecule has 0 fully saturated rings. The number of hydrogen-bond donors (Lipinski definition) is 1. The SMILES string of the molecule is COc1c(-c2ccc(C(F)(F)F)cc2Cl)ccc2c1cnn2C(CC(C)C)c1ccc(C(N)=O)nc1. The molecule has 0 spiro atoms. The van der Waals surface area contributed by atoms with Gasteiger partial charge < -0.3 is 10.5 Å². The molecule has 6 nitrogen and oxygen atoms in total. The Bertz CT molecular complexity index is 1420. The maximum absolute atomic E-state index is 13.1.